The molecule has 5 nitrogen and oxygen atoms in total. The number of aromatic nitrogens is 2. The molecule has 0 aliphatic heterocycles. The third-order valence-electron chi connectivity index (χ3n) is 3.08. The third kappa shape index (κ3) is 4.00. The van der Waals surface area contributed by atoms with Crippen molar-refractivity contribution in [3.05, 3.63) is 53.6 Å². The molecule has 0 saturated heterocycles. The van der Waals surface area contributed by atoms with Gasteiger partial charge in [0.25, 0.3) is 0 Å². The number of nitrogens with zero attached hydrogens (tertiary/aromatic N) is 3. The highest BCUT2D eigenvalue weighted by Gasteiger charge is 2.23. The lowest BCUT2D eigenvalue weighted by molar-refractivity contribution is 0.430. The fraction of sp³-hybridized carbons (Fsp3) is 0.286. The van der Waals surface area contributed by atoms with E-state index in [1.165, 1.54) is 16.7 Å². The summed E-state index contributed by atoms with van der Waals surface area (Å²) in [5.41, 5.74) is 1.10. The van der Waals surface area contributed by atoms with Gasteiger partial charge in [0.05, 0.1) is 12.4 Å². The van der Waals surface area contributed by atoms with E-state index in [2.05, 4.69) is 9.97 Å². The Bertz CT molecular complexity index is 675. The number of hydrogen-bond donors (Lipinski definition) is 0. The normalized spacial score (nSPS) is 11.8. The molecular weight excluding hydrogens is 310 g/mol. The van der Waals surface area contributed by atoms with Crippen molar-refractivity contribution < 1.29 is 8.42 Å². The first-order chi connectivity index (χ1) is 10.0. The molecule has 1 heterocycles. The van der Waals surface area contributed by atoms with Crippen LogP contribution in [0.5, 0.6) is 0 Å². The summed E-state index contributed by atoms with van der Waals surface area (Å²) in [5.74, 6) is 0. The van der Waals surface area contributed by atoms with Gasteiger partial charge in [0.2, 0.25) is 15.3 Å². The van der Waals surface area contributed by atoms with Crippen molar-refractivity contribution in [1.29, 1.82) is 0 Å². The number of likely N-dealkylation sites (N-methyl/N-ethyl adjacent to an activating group) is 1. The molecular formula is C14H16ClN3O2S. The SMILES string of the molecule is CCN(CCc1ccccc1)S(=O)(=O)c1cnc(Cl)nc1. The van der Waals surface area contributed by atoms with E-state index < -0.39 is 10.0 Å². The highest BCUT2D eigenvalue weighted by molar-refractivity contribution is 7.89. The van der Waals surface area contributed by atoms with Gasteiger partial charge in [0.1, 0.15) is 4.90 Å². The Morgan fingerprint density at radius 3 is 2.33 bits per heavy atom. The van der Waals surface area contributed by atoms with Crippen LogP contribution in [0.2, 0.25) is 5.28 Å². The van der Waals surface area contributed by atoms with E-state index in [9.17, 15) is 8.42 Å². The maximum atomic E-state index is 12.5. The summed E-state index contributed by atoms with van der Waals surface area (Å²) in [7, 11) is -3.59. The van der Waals surface area contributed by atoms with Crippen molar-refractivity contribution >= 4 is 21.6 Å². The number of sulfonamides is 1. The summed E-state index contributed by atoms with van der Waals surface area (Å²) >= 11 is 5.59. The average molecular weight is 326 g/mol. The summed E-state index contributed by atoms with van der Waals surface area (Å²) in [5, 5.41) is 0.0290. The van der Waals surface area contributed by atoms with Crippen LogP contribution in [0.4, 0.5) is 0 Å². The molecule has 0 spiro atoms. The van der Waals surface area contributed by atoms with Gasteiger partial charge < -0.3 is 0 Å². The van der Waals surface area contributed by atoms with Gasteiger partial charge in [-0.1, -0.05) is 37.3 Å². The van der Waals surface area contributed by atoms with E-state index in [0.717, 1.165) is 5.56 Å². The Labute approximate surface area is 129 Å². The maximum Gasteiger partial charge on any atom is 0.246 e. The Morgan fingerprint density at radius 1 is 1.14 bits per heavy atom. The third-order valence-corrected chi connectivity index (χ3v) is 5.20. The van der Waals surface area contributed by atoms with Crippen LogP contribution in [0.3, 0.4) is 0 Å². The molecule has 2 aromatic rings. The lowest BCUT2D eigenvalue weighted by Gasteiger charge is -2.20. The second-order valence-corrected chi connectivity index (χ2v) is 6.70. The molecule has 112 valence electrons. The fourth-order valence-corrected chi connectivity index (χ4v) is 3.37. The van der Waals surface area contributed by atoms with Gasteiger partial charge in [-0.05, 0) is 23.6 Å². The molecule has 21 heavy (non-hydrogen) atoms. The Morgan fingerprint density at radius 2 is 1.76 bits per heavy atom. The molecule has 0 unspecified atom stereocenters. The van der Waals surface area contributed by atoms with Gasteiger partial charge in [0.15, 0.2) is 0 Å². The van der Waals surface area contributed by atoms with Crippen LogP contribution < -0.4 is 0 Å². The zero-order valence-electron chi connectivity index (χ0n) is 11.6. The van der Waals surface area contributed by atoms with Crippen molar-refractivity contribution in [2.24, 2.45) is 0 Å². The first-order valence-electron chi connectivity index (χ1n) is 6.55. The number of rotatable bonds is 6. The largest absolute Gasteiger partial charge is 0.246 e. The van der Waals surface area contributed by atoms with E-state index >= 15 is 0 Å². The van der Waals surface area contributed by atoms with Crippen LogP contribution in [0, 0.1) is 0 Å². The van der Waals surface area contributed by atoms with E-state index in [1.807, 2.05) is 30.3 Å². The predicted octanol–water partition coefficient (Wildman–Crippen LogP) is 2.38. The minimum Gasteiger partial charge on any atom is -0.225 e. The molecule has 0 atom stereocenters. The summed E-state index contributed by atoms with van der Waals surface area (Å²) in [6, 6.07) is 9.76. The lowest BCUT2D eigenvalue weighted by atomic mass is 10.1. The Kier molecular flexibility index (Phi) is 5.27. The molecule has 0 aliphatic rings. The number of benzene rings is 1. The standard InChI is InChI=1S/C14H16ClN3O2S/c1-2-18(9-8-12-6-4-3-5-7-12)21(19,20)13-10-16-14(15)17-11-13/h3-7,10-11H,2,8-9H2,1H3. The second-order valence-electron chi connectivity index (χ2n) is 4.42. The molecule has 0 saturated carbocycles. The molecule has 0 aliphatic carbocycles. The predicted molar refractivity (Wildman–Crippen MR) is 81.6 cm³/mol. The van der Waals surface area contributed by atoms with Gasteiger partial charge in [-0.2, -0.15) is 4.31 Å². The number of hydrogen-bond acceptors (Lipinski definition) is 4. The Balaban J connectivity index is 2.14. The van der Waals surface area contributed by atoms with Crippen LogP contribution >= 0.6 is 11.6 Å². The maximum absolute atomic E-state index is 12.5. The quantitative estimate of drug-likeness (QED) is 0.765. The van der Waals surface area contributed by atoms with Gasteiger partial charge in [-0.25, -0.2) is 18.4 Å². The van der Waals surface area contributed by atoms with Gasteiger partial charge in [-0.15, -0.1) is 0 Å². The van der Waals surface area contributed by atoms with Gasteiger partial charge >= 0.3 is 0 Å². The molecule has 0 fully saturated rings. The minimum atomic E-state index is -3.59. The van der Waals surface area contributed by atoms with Crippen molar-refractivity contribution in [1.82, 2.24) is 14.3 Å². The van der Waals surface area contributed by atoms with Crippen molar-refractivity contribution in [2.45, 2.75) is 18.2 Å². The topological polar surface area (TPSA) is 63.2 Å². The van der Waals surface area contributed by atoms with Crippen LogP contribution in [0.25, 0.3) is 0 Å². The molecule has 1 aromatic carbocycles. The van der Waals surface area contributed by atoms with E-state index in [0.29, 0.717) is 19.5 Å². The van der Waals surface area contributed by atoms with Crippen molar-refractivity contribution in [3.8, 4) is 0 Å². The molecule has 0 N–H and O–H groups in total. The van der Waals surface area contributed by atoms with Crippen LogP contribution in [0.1, 0.15) is 12.5 Å². The molecule has 0 radical (unpaired) electrons. The summed E-state index contributed by atoms with van der Waals surface area (Å²) in [6.07, 6.45) is 3.12. The van der Waals surface area contributed by atoms with Crippen LogP contribution in [-0.4, -0.2) is 35.8 Å². The monoisotopic (exact) mass is 325 g/mol. The van der Waals surface area contributed by atoms with Crippen LogP contribution in [-0.2, 0) is 16.4 Å². The smallest absolute Gasteiger partial charge is 0.225 e. The summed E-state index contributed by atoms with van der Waals surface area (Å²) in [6.45, 7) is 2.60. The average Bonchev–Trinajstić information content (AvgIpc) is 2.49. The van der Waals surface area contributed by atoms with Gasteiger partial charge in [-0.3, -0.25) is 0 Å². The number of halogens is 1. The molecule has 0 amide bonds. The van der Waals surface area contributed by atoms with E-state index in [4.69, 9.17) is 11.6 Å². The van der Waals surface area contributed by atoms with E-state index in [-0.39, 0.29) is 10.2 Å². The first-order valence-corrected chi connectivity index (χ1v) is 8.37. The molecule has 1 aromatic heterocycles. The summed E-state index contributed by atoms with van der Waals surface area (Å²) in [4.78, 5) is 7.51. The lowest BCUT2D eigenvalue weighted by Crippen LogP contribution is -2.33. The highest BCUT2D eigenvalue weighted by Crippen LogP contribution is 2.15. The summed E-state index contributed by atoms with van der Waals surface area (Å²) < 4.78 is 26.4. The van der Waals surface area contributed by atoms with Crippen LogP contribution in [0.15, 0.2) is 47.6 Å². The molecule has 7 heteroatoms. The minimum absolute atomic E-state index is 0.0290. The molecule has 2 rings (SSSR count). The van der Waals surface area contributed by atoms with E-state index in [1.54, 1.807) is 6.92 Å². The second kappa shape index (κ2) is 6.98. The van der Waals surface area contributed by atoms with Gasteiger partial charge in [0, 0.05) is 13.1 Å². The highest BCUT2D eigenvalue weighted by atomic mass is 35.5. The first kappa shape index (κ1) is 15.9. The zero-order valence-corrected chi connectivity index (χ0v) is 13.2. The fourth-order valence-electron chi connectivity index (χ4n) is 1.93. The van der Waals surface area contributed by atoms with Crippen molar-refractivity contribution in [3.63, 3.8) is 0 Å². The Hall–Kier alpha value is -1.50. The molecule has 0 bridgehead atoms. The zero-order chi connectivity index (χ0) is 15.3. The van der Waals surface area contributed by atoms with Crippen molar-refractivity contribution in [2.75, 3.05) is 13.1 Å².